The molecule has 0 amide bonds. The first-order chi connectivity index (χ1) is 10.9. The highest BCUT2D eigenvalue weighted by molar-refractivity contribution is 5.45. The molecule has 3 rings (SSSR count). The Kier molecular flexibility index (Phi) is 4.03. The van der Waals surface area contributed by atoms with E-state index < -0.39 is 0 Å². The van der Waals surface area contributed by atoms with Gasteiger partial charge in [0.05, 0.1) is 0 Å². The summed E-state index contributed by atoms with van der Waals surface area (Å²) in [4.78, 5) is 0. The van der Waals surface area contributed by atoms with Crippen LogP contribution < -0.4 is 4.74 Å². The largest absolute Gasteiger partial charge is 0.508 e. The van der Waals surface area contributed by atoms with Gasteiger partial charge in [0.2, 0.25) is 0 Å². The molecule has 1 aliphatic carbocycles. The summed E-state index contributed by atoms with van der Waals surface area (Å²) >= 11 is 0. The average molecular weight is 312 g/mol. The third-order valence-corrected chi connectivity index (χ3v) is 5.78. The predicted octanol–water partition coefficient (Wildman–Crippen LogP) is 5.41. The Bertz CT molecular complexity index is 654. The van der Waals surface area contributed by atoms with Gasteiger partial charge < -0.3 is 9.84 Å². The standard InChI is InChI=1S/C21H28O2/c1-15(2)7-5-11-20(4)12-6-8-16(3)21(20)14-17-13-18(22)9-10-19(17)23-21/h5,7,9-11,13,16,22H,6,8,12,14H2,1-4H3/b11-5+/t16-,20-,21+/m0/s1. The number of aromatic hydroxyl groups is 1. The number of rotatable bonds is 2. The van der Waals surface area contributed by atoms with E-state index in [1.54, 1.807) is 6.07 Å². The lowest BCUT2D eigenvalue weighted by Gasteiger charge is -2.51. The molecule has 23 heavy (non-hydrogen) atoms. The van der Waals surface area contributed by atoms with Gasteiger partial charge in [0.15, 0.2) is 0 Å². The van der Waals surface area contributed by atoms with E-state index in [2.05, 4.69) is 45.9 Å². The summed E-state index contributed by atoms with van der Waals surface area (Å²) in [5, 5.41) is 9.80. The van der Waals surface area contributed by atoms with E-state index in [1.165, 1.54) is 18.4 Å². The van der Waals surface area contributed by atoms with Crippen LogP contribution in [0.5, 0.6) is 11.5 Å². The van der Waals surface area contributed by atoms with Gasteiger partial charge in [-0.2, -0.15) is 0 Å². The van der Waals surface area contributed by atoms with Crippen molar-refractivity contribution in [3.05, 3.63) is 47.6 Å². The first-order valence-corrected chi connectivity index (χ1v) is 8.70. The van der Waals surface area contributed by atoms with Crippen LogP contribution in [0, 0.1) is 11.3 Å². The van der Waals surface area contributed by atoms with Crippen molar-refractivity contribution in [1.29, 1.82) is 0 Å². The summed E-state index contributed by atoms with van der Waals surface area (Å²) in [7, 11) is 0. The third-order valence-electron chi connectivity index (χ3n) is 5.78. The summed E-state index contributed by atoms with van der Waals surface area (Å²) in [6.45, 7) is 8.90. The Balaban J connectivity index is 2.00. The van der Waals surface area contributed by atoms with Crippen LogP contribution in [-0.4, -0.2) is 10.7 Å². The van der Waals surface area contributed by atoms with Gasteiger partial charge in [-0.25, -0.2) is 0 Å². The first kappa shape index (κ1) is 16.2. The Morgan fingerprint density at radius 3 is 2.87 bits per heavy atom. The number of benzene rings is 1. The molecule has 0 radical (unpaired) electrons. The number of fused-ring (bicyclic) bond motifs is 1. The normalized spacial score (nSPS) is 32.8. The molecule has 1 fully saturated rings. The molecule has 124 valence electrons. The SMILES string of the molecule is CC(C)=C/C=C/[C@@]1(C)CCC[C@H](C)[C@]12Cc1cc(O)ccc1O2. The topological polar surface area (TPSA) is 29.5 Å². The minimum absolute atomic E-state index is 0.00521. The molecule has 1 heterocycles. The lowest BCUT2D eigenvalue weighted by atomic mass is 9.58. The van der Waals surface area contributed by atoms with Crippen LogP contribution >= 0.6 is 0 Å². The highest BCUT2D eigenvalue weighted by atomic mass is 16.5. The fraction of sp³-hybridized carbons (Fsp3) is 0.524. The van der Waals surface area contributed by atoms with Gasteiger partial charge in [-0.1, -0.05) is 44.1 Å². The molecule has 1 aromatic carbocycles. The van der Waals surface area contributed by atoms with Gasteiger partial charge in [-0.05, 0) is 50.8 Å². The number of phenols is 1. The fourth-order valence-corrected chi connectivity index (χ4v) is 4.37. The van der Waals surface area contributed by atoms with Gasteiger partial charge in [0.25, 0.3) is 0 Å². The van der Waals surface area contributed by atoms with Crippen LogP contribution in [0.3, 0.4) is 0 Å². The Morgan fingerprint density at radius 1 is 1.35 bits per heavy atom. The number of ether oxygens (including phenoxy) is 1. The quantitative estimate of drug-likeness (QED) is 0.739. The maximum absolute atomic E-state index is 9.80. The number of hydrogen-bond donors (Lipinski definition) is 1. The molecule has 2 aliphatic rings. The van der Waals surface area contributed by atoms with E-state index in [0.717, 1.165) is 24.2 Å². The van der Waals surface area contributed by atoms with Gasteiger partial charge in [-0.15, -0.1) is 0 Å². The molecule has 0 bridgehead atoms. The predicted molar refractivity (Wildman–Crippen MR) is 94.9 cm³/mol. The van der Waals surface area contributed by atoms with E-state index in [0.29, 0.717) is 11.7 Å². The lowest BCUT2D eigenvalue weighted by Crippen LogP contribution is -2.56. The summed E-state index contributed by atoms with van der Waals surface area (Å²) < 4.78 is 6.59. The second-order valence-corrected chi connectivity index (χ2v) is 7.77. The monoisotopic (exact) mass is 312 g/mol. The zero-order valence-corrected chi connectivity index (χ0v) is 14.7. The molecule has 1 saturated carbocycles. The van der Waals surface area contributed by atoms with Gasteiger partial charge in [0.1, 0.15) is 17.1 Å². The highest BCUT2D eigenvalue weighted by Gasteiger charge is 2.57. The molecular weight excluding hydrogens is 284 g/mol. The van der Waals surface area contributed by atoms with Crippen LogP contribution in [-0.2, 0) is 6.42 Å². The summed E-state index contributed by atoms with van der Waals surface area (Å²) in [5.41, 5.74) is 2.25. The van der Waals surface area contributed by atoms with Gasteiger partial charge in [0, 0.05) is 17.4 Å². The van der Waals surface area contributed by atoms with Crippen LogP contribution in [0.25, 0.3) is 0 Å². The summed E-state index contributed by atoms with van der Waals surface area (Å²) in [5.74, 6) is 1.76. The molecule has 1 aliphatic heterocycles. The molecule has 3 atom stereocenters. The number of hydrogen-bond acceptors (Lipinski definition) is 2. The Hall–Kier alpha value is -1.70. The van der Waals surface area contributed by atoms with Crippen molar-refractivity contribution < 1.29 is 9.84 Å². The van der Waals surface area contributed by atoms with E-state index in [1.807, 2.05) is 12.1 Å². The van der Waals surface area contributed by atoms with Crippen molar-refractivity contribution in [2.45, 2.75) is 59.0 Å². The Labute approximate surface area is 139 Å². The first-order valence-electron chi connectivity index (χ1n) is 8.70. The number of phenolic OH excluding ortho intramolecular Hbond substituents is 1. The maximum Gasteiger partial charge on any atom is 0.124 e. The molecular formula is C21H28O2. The molecule has 2 heteroatoms. The van der Waals surface area contributed by atoms with E-state index >= 15 is 0 Å². The molecule has 1 N–H and O–H groups in total. The minimum Gasteiger partial charge on any atom is -0.508 e. The van der Waals surface area contributed by atoms with Crippen LogP contribution in [0.2, 0.25) is 0 Å². The van der Waals surface area contributed by atoms with Crippen LogP contribution in [0.1, 0.15) is 52.5 Å². The molecule has 0 saturated heterocycles. The van der Waals surface area contributed by atoms with Crippen molar-refractivity contribution >= 4 is 0 Å². The van der Waals surface area contributed by atoms with Crippen molar-refractivity contribution in [3.8, 4) is 11.5 Å². The third kappa shape index (κ3) is 2.69. The van der Waals surface area contributed by atoms with Gasteiger partial charge in [-0.3, -0.25) is 0 Å². The second-order valence-electron chi connectivity index (χ2n) is 7.77. The van der Waals surface area contributed by atoms with E-state index in [9.17, 15) is 5.11 Å². The smallest absolute Gasteiger partial charge is 0.124 e. The van der Waals surface area contributed by atoms with Gasteiger partial charge >= 0.3 is 0 Å². The highest BCUT2D eigenvalue weighted by Crippen LogP contribution is 2.56. The molecule has 2 nitrogen and oxygen atoms in total. The van der Waals surface area contributed by atoms with E-state index in [4.69, 9.17) is 4.74 Å². The number of allylic oxidation sites excluding steroid dienone is 3. The fourth-order valence-electron chi connectivity index (χ4n) is 4.37. The van der Waals surface area contributed by atoms with Crippen molar-refractivity contribution in [3.63, 3.8) is 0 Å². The minimum atomic E-state index is -0.201. The lowest BCUT2D eigenvalue weighted by molar-refractivity contribution is -0.0810. The van der Waals surface area contributed by atoms with Crippen molar-refractivity contribution in [2.75, 3.05) is 0 Å². The van der Waals surface area contributed by atoms with Crippen molar-refractivity contribution in [1.82, 2.24) is 0 Å². The molecule has 1 spiro atoms. The second kappa shape index (κ2) is 5.74. The summed E-state index contributed by atoms with van der Waals surface area (Å²) in [6, 6.07) is 5.51. The average Bonchev–Trinajstić information content (AvgIpc) is 2.85. The van der Waals surface area contributed by atoms with Crippen LogP contribution in [0.4, 0.5) is 0 Å². The summed E-state index contributed by atoms with van der Waals surface area (Å²) in [6.07, 6.45) is 11.2. The zero-order valence-electron chi connectivity index (χ0n) is 14.7. The molecule has 0 unspecified atom stereocenters. The van der Waals surface area contributed by atoms with E-state index in [-0.39, 0.29) is 11.0 Å². The zero-order chi connectivity index (χ0) is 16.7. The van der Waals surface area contributed by atoms with Crippen molar-refractivity contribution in [2.24, 2.45) is 11.3 Å². The maximum atomic E-state index is 9.80. The van der Waals surface area contributed by atoms with Crippen LogP contribution in [0.15, 0.2) is 42.0 Å². The molecule has 0 aromatic heterocycles. The molecule has 1 aromatic rings. The Morgan fingerprint density at radius 2 is 2.13 bits per heavy atom.